The van der Waals surface area contributed by atoms with Crippen LogP contribution >= 0.6 is 11.3 Å². The molecular weight excluding hydrogens is 303 g/mol. The smallest absolute Gasteiger partial charge is 0.264 e. The summed E-state index contributed by atoms with van der Waals surface area (Å²) in [4.78, 5) is 28.1. The van der Waals surface area contributed by atoms with Crippen LogP contribution in [-0.4, -0.2) is 47.8 Å². The second kappa shape index (κ2) is 5.68. The summed E-state index contributed by atoms with van der Waals surface area (Å²) in [6, 6.07) is 4.91. The van der Waals surface area contributed by atoms with Crippen LogP contribution < -0.4 is 0 Å². The predicted molar refractivity (Wildman–Crippen MR) is 84.7 cm³/mol. The van der Waals surface area contributed by atoms with Crippen molar-refractivity contribution in [2.45, 2.75) is 13.8 Å². The van der Waals surface area contributed by atoms with E-state index >= 15 is 0 Å². The molecular formula is C16H17FN2O2S. The maximum absolute atomic E-state index is 13.9. The Labute approximate surface area is 132 Å². The van der Waals surface area contributed by atoms with Gasteiger partial charge in [-0.25, -0.2) is 4.39 Å². The molecule has 116 valence electrons. The van der Waals surface area contributed by atoms with E-state index in [1.807, 2.05) is 6.07 Å². The lowest BCUT2D eigenvalue weighted by atomic mass is 10.1. The number of carbonyl (C=O) groups excluding carboxylic acids is 2. The van der Waals surface area contributed by atoms with E-state index in [0.717, 1.165) is 4.70 Å². The van der Waals surface area contributed by atoms with E-state index < -0.39 is 0 Å². The fourth-order valence-electron chi connectivity index (χ4n) is 2.83. The SMILES string of the molecule is CC(=O)N1CCN(C(=O)c2sc3cccc(F)c3c2C)CC1. The number of nitrogens with zero attached hydrogens (tertiary/aromatic N) is 2. The van der Waals surface area contributed by atoms with Gasteiger partial charge in [0.05, 0.1) is 4.88 Å². The fraction of sp³-hybridized carbons (Fsp3) is 0.375. The minimum atomic E-state index is -0.285. The molecule has 0 spiro atoms. The average Bonchev–Trinajstić information content (AvgIpc) is 2.85. The number of carbonyl (C=O) groups is 2. The second-order valence-electron chi connectivity index (χ2n) is 5.47. The van der Waals surface area contributed by atoms with Crippen LogP contribution in [0.4, 0.5) is 4.39 Å². The van der Waals surface area contributed by atoms with Crippen LogP contribution in [0.5, 0.6) is 0 Å². The molecule has 0 N–H and O–H groups in total. The van der Waals surface area contributed by atoms with E-state index in [4.69, 9.17) is 0 Å². The number of hydrogen-bond acceptors (Lipinski definition) is 3. The molecule has 2 amide bonds. The monoisotopic (exact) mass is 320 g/mol. The molecule has 0 bridgehead atoms. The summed E-state index contributed by atoms with van der Waals surface area (Å²) in [5, 5.41) is 0.540. The van der Waals surface area contributed by atoms with Gasteiger partial charge in [0, 0.05) is 43.2 Å². The molecule has 1 aliphatic rings. The summed E-state index contributed by atoms with van der Waals surface area (Å²) < 4.78 is 14.7. The normalized spacial score (nSPS) is 15.4. The number of amides is 2. The molecule has 6 heteroatoms. The molecule has 1 aromatic carbocycles. The number of halogens is 1. The van der Waals surface area contributed by atoms with E-state index in [9.17, 15) is 14.0 Å². The molecule has 0 radical (unpaired) electrons. The van der Waals surface area contributed by atoms with Gasteiger partial charge in [-0.05, 0) is 24.6 Å². The molecule has 22 heavy (non-hydrogen) atoms. The molecule has 1 aliphatic heterocycles. The van der Waals surface area contributed by atoms with Crippen LogP contribution in [0, 0.1) is 12.7 Å². The maximum atomic E-state index is 13.9. The third-order valence-electron chi connectivity index (χ3n) is 4.11. The highest BCUT2D eigenvalue weighted by Gasteiger charge is 2.26. The van der Waals surface area contributed by atoms with Gasteiger partial charge in [-0.3, -0.25) is 9.59 Å². The fourth-order valence-corrected chi connectivity index (χ4v) is 4.02. The van der Waals surface area contributed by atoms with Crippen molar-refractivity contribution < 1.29 is 14.0 Å². The Kier molecular flexibility index (Phi) is 3.87. The number of piperazine rings is 1. The Morgan fingerprint density at radius 3 is 2.36 bits per heavy atom. The Morgan fingerprint density at radius 1 is 1.14 bits per heavy atom. The summed E-state index contributed by atoms with van der Waals surface area (Å²) in [6.45, 7) is 5.49. The lowest BCUT2D eigenvalue weighted by molar-refractivity contribution is -0.130. The van der Waals surface area contributed by atoms with E-state index in [-0.39, 0.29) is 17.6 Å². The van der Waals surface area contributed by atoms with E-state index in [1.54, 1.807) is 22.8 Å². The first kappa shape index (κ1) is 15.0. The van der Waals surface area contributed by atoms with Gasteiger partial charge < -0.3 is 9.80 Å². The van der Waals surface area contributed by atoms with E-state index in [2.05, 4.69) is 0 Å². The lowest BCUT2D eigenvalue weighted by Crippen LogP contribution is -2.50. The first-order chi connectivity index (χ1) is 10.5. The van der Waals surface area contributed by atoms with Gasteiger partial charge in [-0.1, -0.05) is 6.07 Å². The first-order valence-electron chi connectivity index (χ1n) is 7.21. The molecule has 2 aromatic rings. The van der Waals surface area contributed by atoms with Crippen molar-refractivity contribution in [2.24, 2.45) is 0 Å². The highest BCUT2D eigenvalue weighted by Crippen LogP contribution is 2.33. The molecule has 0 atom stereocenters. The van der Waals surface area contributed by atoms with Crippen LogP contribution in [0.15, 0.2) is 18.2 Å². The largest absolute Gasteiger partial charge is 0.339 e. The standard InChI is InChI=1S/C16H17FN2O2S/c1-10-14-12(17)4-3-5-13(14)22-15(10)16(21)19-8-6-18(7-9-19)11(2)20/h3-5H,6-9H2,1-2H3. The molecule has 0 saturated carbocycles. The summed E-state index contributed by atoms with van der Waals surface area (Å²) in [6.07, 6.45) is 0. The van der Waals surface area contributed by atoms with Crippen LogP contribution in [-0.2, 0) is 4.79 Å². The van der Waals surface area contributed by atoms with Gasteiger partial charge in [0.15, 0.2) is 0 Å². The Hall–Kier alpha value is -1.95. The molecule has 1 aromatic heterocycles. The van der Waals surface area contributed by atoms with Crippen LogP contribution in [0.1, 0.15) is 22.2 Å². The number of hydrogen-bond donors (Lipinski definition) is 0. The minimum absolute atomic E-state index is 0.0345. The zero-order chi connectivity index (χ0) is 15.9. The van der Waals surface area contributed by atoms with Crippen LogP contribution in [0.2, 0.25) is 0 Å². The van der Waals surface area contributed by atoms with Gasteiger partial charge in [0.1, 0.15) is 5.82 Å². The van der Waals surface area contributed by atoms with E-state index in [0.29, 0.717) is 42.0 Å². The third kappa shape index (κ3) is 2.47. The van der Waals surface area contributed by atoms with Crippen molar-refractivity contribution in [1.82, 2.24) is 9.80 Å². The third-order valence-corrected chi connectivity index (χ3v) is 5.35. The van der Waals surface area contributed by atoms with Crippen molar-refractivity contribution in [3.8, 4) is 0 Å². The molecule has 3 rings (SSSR count). The Morgan fingerprint density at radius 2 is 1.77 bits per heavy atom. The highest BCUT2D eigenvalue weighted by molar-refractivity contribution is 7.21. The van der Waals surface area contributed by atoms with Gasteiger partial charge in [0.2, 0.25) is 5.91 Å². The van der Waals surface area contributed by atoms with Crippen molar-refractivity contribution in [3.05, 3.63) is 34.5 Å². The number of thiophene rings is 1. The molecule has 1 fully saturated rings. The van der Waals surface area contributed by atoms with Crippen molar-refractivity contribution in [2.75, 3.05) is 26.2 Å². The summed E-state index contributed by atoms with van der Waals surface area (Å²) in [5.74, 6) is -0.319. The van der Waals surface area contributed by atoms with Crippen LogP contribution in [0.3, 0.4) is 0 Å². The second-order valence-corrected chi connectivity index (χ2v) is 6.52. The van der Waals surface area contributed by atoms with Crippen molar-refractivity contribution in [3.63, 3.8) is 0 Å². The summed E-state index contributed by atoms with van der Waals surface area (Å²) in [7, 11) is 0. The van der Waals surface area contributed by atoms with Gasteiger partial charge >= 0.3 is 0 Å². The summed E-state index contributed by atoms with van der Waals surface area (Å²) in [5.41, 5.74) is 0.706. The summed E-state index contributed by atoms with van der Waals surface area (Å²) >= 11 is 1.34. The number of fused-ring (bicyclic) bond motifs is 1. The molecule has 0 aliphatic carbocycles. The zero-order valence-corrected chi connectivity index (χ0v) is 13.4. The molecule has 2 heterocycles. The van der Waals surface area contributed by atoms with Crippen molar-refractivity contribution >= 4 is 33.2 Å². The highest BCUT2D eigenvalue weighted by atomic mass is 32.1. The van der Waals surface area contributed by atoms with Gasteiger partial charge in [-0.2, -0.15) is 0 Å². The number of rotatable bonds is 1. The first-order valence-corrected chi connectivity index (χ1v) is 8.03. The van der Waals surface area contributed by atoms with E-state index in [1.165, 1.54) is 24.3 Å². The number of aryl methyl sites for hydroxylation is 1. The van der Waals surface area contributed by atoms with Crippen LogP contribution in [0.25, 0.3) is 10.1 Å². The molecule has 1 saturated heterocycles. The zero-order valence-electron chi connectivity index (χ0n) is 12.6. The maximum Gasteiger partial charge on any atom is 0.264 e. The van der Waals surface area contributed by atoms with Gasteiger partial charge in [-0.15, -0.1) is 11.3 Å². The van der Waals surface area contributed by atoms with Crippen molar-refractivity contribution in [1.29, 1.82) is 0 Å². The minimum Gasteiger partial charge on any atom is -0.339 e. The Balaban J connectivity index is 1.86. The Bertz CT molecular complexity index is 748. The average molecular weight is 320 g/mol. The molecule has 4 nitrogen and oxygen atoms in total. The predicted octanol–water partition coefficient (Wildman–Crippen LogP) is 2.65. The molecule has 0 unspecified atom stereocenters. The topological polar surface area (TPSA) is 40.6 Å². The van der Waals surface area contributed by atoms with Gasteiger partial charge in [0.25, 0.3) is 5.91 Å². The lowest BCUT2D eigenvalue weighted by Gasteiger charge is -2.34. The number of benzene rings is 1. The quantitative estimate of drug-likeness (QED) is 0.810.